The van der Waals surface area contributed by atoms with E-state index in [1.807, 2.05) is 0 Å². The van der Waals surface area contributed by atoms with E-state index in [-0.39, 0.29) is 33.8 Å². The second-order valence-electron chi connectivity index (χ2n) is 6.91. The Kier molecular flexibility index (Phi) is 6.56. The van der Waals surface area contributed by atoms with Crippen LogP contribution < -0.4 is 21.5 Å². The Morgan fingerprint density at radius 1 is 1.18 bits per heavy atom. The molecule has 0 spiro atoms. The minimum Gasteiger partial charge on any atom is -0.496 e. The molecule has 12 heteroatoms. The van der Waals surface area contributed by atoms with Crippen LogP contribution in [0.1, 0.15) is 26.3 Å². The van der Waals surface area contributed by atoms with Crippen LogP contribution in [0.5, 0.6) is 5.75 Å². The third kappa shape index (κ3) is 4.73. The zero-order chi connectivity index (χ0) is 24.3. The summed E-state index contributed by atoms with van der Waals surface area (Å²) in [6.07, 6.45) is 0. The van der Waals surface area contributed by atoms with Crippen LogP contribution in [-0.4, -0.2) is 35.4 Å². The second-order valence-corrected chi connectivity index (χ2v) is 6.91. The normalized spacial score (nSPS) is 11.3. The number of primary amides is 1. The van der Waals surface area contributed by atoms with Crippen molar-refractivity contribution in [2.75, 3.05) is 19.5 Å². The average molecular weight is 465 g/mol. The number of methoxy groups -OCH3 is 1. The van der Waals surface area contributed by atoms with Crippen LogP contribution in [0.3, 0.4) is 0 Å². The first-order valence-electron chi connectivity index (χ1n) is 9.42. The van der Waals surface area contributed by atoms with Crippen molar-refractivity contribution in [3.63, 3.8) is 0 Å². The molecule has 0 bridgehead atoms. The molecular formula is C21H19F4N5O3. The maximum absolute atomic E-state index is 13.8. The number of amides is 2. The number of anilines is 1. The van der Waals surface area contributed by atoms with Gasteiger partial charge in [-0.3, -0.25) is 9.59 Å². The molecular weight excluding hydrogens is 446 g/mol. The average Bonchev–Trinajstić information content (AvgIpc) is 3.16. The molecule has 0 aliphatic carbocycles. The number of nitrogens with two attached hydrogens (primary N) is 2. The van der Waals surface area contributed by atoms with Crippen molar-refractivity contribution in [2.45, 2.75) is 12.6 Å². The Labute approximate surface area is 185 Å². The SMILES string of the molecule is COc1ccc(F)cc1C(=O)NCc1ccc(-c2nn(C(F)(F)CF)c(N)c2C(N)=O)cc1. The van der Waals surface area contributed by atoms with Crippen molar-refractivity contribution in [3.8, 4) is 17.0 Å². The number of rotatable bonds is 8. The summed E-state index contributed by atoms with van der Waals surface area (Å²) in [5, 5.41) is 6.20. The molecule has 0 aliphatic rings. The zero-order valence-corrected chi connectivity index (χ0v) is 17.2. The largest absolute Gasteiger partial charge is 0.496 e. The number of alkyl halides is 3. The number of aromatic nitrogens is 2. The van der Waals surface area contributed by atoms with Crippen LogP contribution in [0.4, 0.5) is 23.4 Å². The monoisotopic (exact) mass is 465 g/mol. The van der Waals surface area contributed by atoms with Crippen LogP contribution in [-0.2, 0) is 12.6 Å². The molecule has 33 heavy (non-hydrogen) atoms. The molecule has 2 aromatic carbocycles. The lowest BCUT2D eigenvalue weighted by Crippen LogP contribution is -2.28. The van der Waals surface area contributed by atoms with E-state index < -0.39 is 41.7 Å². The first kappa shape index (κ1) is 23.6. The Balaban J connectivity index is 1.83. The van der Waals surface area contributed by atoms with Gasteiger partial charge in [0, 0.05) is 12.1 Å². The van der Waals surface area contributed by atoms with Crippen molar-refractivity contribution in [2.24, 2.45) is 5.73 Å². The van der Waals surface area contributed by atoms with Gasteiger partial charge in [0.2, 0.25) is 0 Å². The van der Waals surface area contributed by atoms with Crippen LogP contribution in [0.2, 0.25) is 0 Å². The zero-order valence-electron chi connectivity index (χ0n) is 17.2. The highest BCUT2D eigenvalue weighted by molar-refractivity contribution is 6.03. The number of carbonyl (C=O) groups excluding carboxylic acids is 2. The lowest BCUT2D eigenvalue weighted by Gasteiger charge is -2.13. The molecule has 174 valence electrons. The molecule has 3 aromatic rings. The van der Waals surface area contributed by atoms with Crippen molar-refractivity contribution in [1.29, 1.82) is 0 Å². The molecule has 1 aromatic heterocycles. The molecule has 8 nitrogen and oxygen atoms in total. The Morgan fingerprint density at radius 3 is 2.42 bits per heavy atom. The number of carbonyl (C=O) groups is 2. The van der Waals surface area contributed by atoms with E-state index in [2.05, 4.69) is 10.4 Å². The van der Waals surface area contributed by atoms with Gasteiger partial charge in [0.1, 0.15) is 28.6 Å². The summed E-state index contributed by atoms with van der Waals surface area (Å²) in [5.41, 5.74) is 10.9. The van der Waals surface area contributed by atoms with E-state index in [4.69, 9.17) is 16.2 Å². The van der Waals surface area contributed by atoms with Gasteiger partial charge in [0.05, 0.1) is 12.7 Å². The highest BCUT2D eigenvalue weighted by Crippen LogP contribution is 2.33. The van der Waals surface area contributed by atoms with Gasteiger partial charge >= 0.3 is 6.05 Å². The number of benzene rings is 2. The highest BCUT2D eigenvalue weighted by Gasteiger charge is 2.37. The Hall–Kier alpha value is -4.09. The lowest BCUT2D eigenvalue weighted by atomic mass is 10.0. The smallest absolute Gasteiger partial charge is 0.373 e. The number of nitrogens with zero attached hydrogens (tertiary/aromatic N) is 2. The van der Waals surface area contributed by atoms with Gasteiger partial charge in [0.25, 0.3) is 11.8 Å². The molecule has 0 aliphatic heterocycles. The third-order valence-corrected chi connectivity index (χ3v) is 4.72. The van der Waals surface area contributed by atoms with Crippen molar-refractivity contribution < 1.29 is 31.9 Å². The van der Waals surface area contributed by atoms with Crippen molar-refractivity contribution in [1.82, 2.24) is 15.1 Å². The molecule has 2 amide bonds. The number of halogens is 4. The number of nitrogen functional groups attached to an aromatic ring is 1. The van der Waals surface area contributed by atoms with E-state index in [1.54, 1.807) is 0 Å². The lowest BCUT2D eigenvalue weighted by molar-refractivity contribution is -0.107. The highest BCUT2D eigenvalue weighted by atomic mass is 19.3. The molecule has 0 saturated heterocycles. The van der Waals surface area contributed by atoms with E-state index in [0.29, 0.717) is 5.56 Å². The van der Waals surface area contributed by atoms with E-state index >= 15 is 0 Å². The summed E-state index contributed by atoms with van der Waals surface area (Å²) >= 11 is 0. The van der Waals surface area contributed by atoms with Crippen LogP contribution in [0.25, 0.3) is 11.3 Å². The van der Waals surface area contributed by atoms with Crippen LogP contribution in [0, 0.1) is 5.82 Å². The fourth-order valence-corrected chi connectivity index (χ4v) is 3.10. The van der Waals surface area contributed by atoms with Gasteiger partial charge in [0.15, 0.2) is 6.67 Å². The van der Waals surface area contributed by atoms with Crippen LogP contribution in [0.15, 0.2) is 42.5 Å². The standard InChI is InChI=1S/C21H19F4N5O3/c1-33-15-7-6-13(23)8-14(15)20(32)28-9-11-2-4-12(5-3-11)17-16(19(27)31)18(26)30(29-17)21(24,25)10-22/h2-8H,9-10,26H2,1H3,(H2,27,31)(H,28,32). The van der Waals surface area contributed by atoms with Crippen molar-refractivity contribution >= 4 is 17.6 Å². The quantitative estimate of drug-likeness (QED) is 0.441. The molecule has 0 unspecified atom stereocenters. The Bertz CT molecular complexity index is 1200. The topological polar surface area (TPSA) is 125 Å². The number of nitrogens with one attached hydrogen (secondary N) is 1. The van der Waals surface area contributed by atoms with Gasteiger partial charge in [-0.05, 0) is 23.8 Å². The molecule has 3 rings (SSSR count). The van der Waals surface area contributed by atoms with E-state index in [9.17, 15) is 27.2 Å². The van der Waals surface area contributed by atoms with Gasteiger partial charge < -0.3 is 21.5 Å². The fourth-order valence-electron chi connectivity index (χ4n) is 3.10. The molecule has 0 radical (unpaired) electrons. The fraction of sp³-hybridized carbons (Fsp3) is 0.190. The summed E-state index contributed by atoms with van der Waals surface area (Å²) in [6, 6.07) is 5.41. The predicted octanol–water partition coefficient (Wildman–Crippen LogP) is 2.83. The molecule has 0 atom stereocenters. The molecule has 5 N–H and O–H groups in total. The maximum Gasteiger partial charge on any atom is 0.373 e. The van der Waals surface area contributed by atoms with Gasteiger partial charge in [-0.15, -0.1) is 0 Å². The predicted molar refractivity (Wildman–Crippen MR) is 111 cm³/mol. The number of hydrogen-bond donors (Lipinski definition) is 3. The summed E-state index contributed by atoms with van der Waals surface area (Å²) < 4.78 is 58.8. The van der Waals surface area contributed by atoms with Gasteiger partial charge in [-0.1, -0.05) is 24.3 Å². The maximum atomic E-state index is 13.8. The van der Waals surface area contributed by atoms with E-state index in [0.717, 1.165) is 12.1 Å². The summed E-state index contributed by atoms with van der Waals surface area (Å²) in [7, 11) is 1.35. The van der Waals surface area contributed by atoms with Crippen LogP contribution >= 0.6 is 0 Å². The first-order valence-corrected chi connectivity index (χ1v) is 9.42. The second kappa shape index (κ2) is 9.18. The van der Waals surface area contributed by atoms with Gasteiger partial charge in [-0.2, -0.15) is 18.6 Å². The van der Waals surface area contributed by atoms with Crippen molar-refractivity contribution in [3.05, 3.63) is 65.0 Å². The number of hydrogen-bond acceptors (Lipinski definition) is 5. The summed E-state index contributed by atoms with van der Waals surface area (Å²) in [4.78, 5) is 24.1. The third-order valence-electron chi connectivity index (χ3n) is 4.72. The number of ether oxygens (including phenoxy) is 1. The summed E-state index contributed by atoms with van der Waals surface area (Å²) in [6.45, 7) is -2.04. The molecule has 0 fully saturated rings. The first-order chi connectivity index (χ1) is 15.6. The van der Waals surface area contributed by atoms with Gasteiger partial charge in [-0.25, -0.2) is 8.78 Å². The summed E-state index contributed by atoms with van der Waals surface area (Å²) in [5.74, 6) is -2.86. The molecule has 1 heterocycles. The minimum atomic E-state index is -4.06. The minimum absolute atomic E-state index is 0.00928. The Morgan fingerprint density at radius 2 is 1.85 bits per heavy atom. The van der Waals surface area contributed by atoms with E-state index in [1.165, 1.54) is 37.4 Å². The molecule has 0 saturated carbocycles.